The third-order valence-corrected chi connectivity index (χ3v) is 7.02. The summed E-state index contributed by atoms with van der Waals surface area (Å²) in [5.41, 5.74) is -1.90. The summed E-state index contributed by atoms with van der Waals surface area (Å²) in [6.07, 6.45) is -3.23. The number of alkyl halides is 3. The average Bonchev–Trinajstić information content (AvgIpc) is 3.29. The van der Waals surface area contributed by atoms with E-state index >= 15 is 0 Å². The van der Waals surface area contributed by atoms with E-state index in [0.29, 0.717) is 0 Å². The summed E-state index contributed by atoms with van der Waals surface area (Å²) in [7, 11) is -4.24. The number of halogens is 4. The molecular formula is C18H21F4N3O3S. The van der Waals surface area contributed by atoms with Crippen LogP contribution >= 0.6 is 0 Å². The Bertz CT molecular complexity index is 981. The molecule has 4 rings (SSSR count). The monoisotopic (exact) mass is 435 g/mol. The highest BCUT2D eigenvalue weighted by Crippen LogP contribution is 2.48. The largest absolute Gasteiger partial charge is 0.409 e. The highest BCUT2D eigenvalue weighted by atomic mass is 32.2. The van der Waals surface area contributed by atoms with Crippen LogP contribution in [0.1, 0.15) is 33.1 Å². The summed E-state index contributed by atoms with van der Waals surface area (Å²) in [4.78, 5) is 0.465. The maximum absolute atomic E-state index is 14.3. The van der Waals surface area contributed by atoms with Crippen molar-refractivity contribution in [3.63, 3.8) is 0 Å². The lowest BCUT2D eigenvalue weighted by atomic mass is 9.84. The molecule has 2 N–H and O–H groups in total. The van der Waals surface area contributed by atoms with Gasteiger partial charge in [0.2, 0.25) is 0 Å². The minimum absolute atomic E-state index is 0.0231. The number of benzene rings is 1. The summed E-state index contributed by atoms with van der Waals surface area (Å²) in [5, 5.41) is 13.1. The molecule has 0 bridgehead atoms. The zero-order valence-corrected chi connectivity index (χ0v) is 16.6. The van der Waals surface area contributed by atoms with Crippen LogP contribution in [0.4, 0.5) is 28.9 Å². The molecule has 0 amide bonds. The molecule has 160 valence electrons. The maximum atomic E-state index is 14.3. The van der Waals surface area contributed by atoms with Crippen molar-refractivity contribution in [3.8, 4) is 0 Å². The Morgan fingerprint density at radius 2 is 1.86 bits per heavy atom. The molecular weight excluding hydrogens is 414 g/mol. The number of nitrogens with one attached hydrogen (secondary N) is 1. The molecule has 1 aromatic carbocycles. The smallest absolute Gasteiger partial charge is 0.390 e. The lowest BCUT2D eigenvalue weighted by Crippen LogP contribution is -2.50. The van der Waals surface area contributed by atoms with Crippen molar-refractivity contribution in [2.75, 3.05) is 16.8 Å². The van der Waals surface area contributed by atoms with Gasteiger partial charge in [-0.3, -0.25) is 0 Å². The van der Waals surface area contributed by atoms with Gasteiger partial charge in [-0.25, -0.2) is 4.39 Å². The van der Waals surface area contributed by atoms with Crippen LogP contribution in [0.25, 0.3) is 0 Å². The zero-order chi connectivity index (χ0) is 21.4. The van der Waals surface area contributed by atoms with Crippen LogP contribution < -0.4 is 10.2 Å². The second-order valence-corrected chi connectivity index (χ2v) is 9.95. The number of hydrogen-bond acceptors (Lipinski definition) is 5. The number of sulfonamides is 1. The van der Waals surface area contributed by atoms with Gasteiger partial charge >= 0.3 is 6.18 Å². The highest BCUT2D eigenvalue weighted by Gasteiger charge is 2.56. The molecule has 29 heavy (non-hydrogen) atoms. The van der Waals surface area contributed by atoms with Crippen molar-refractivity contribution in [1.29, 1.82) is 0 Å². The second kappa shape index (κ2) is 6.31. The van der Waals surface area contributed by atoms with Gasteiger partial charge in [-0.05, 0) is 45.2 Å². The molecule has 0 aromatic heterocycles. The van der Waals surface area contributed by atoms with Gasteiger partial charge in [-0.15, -0.1) is 4.40 Å². The van der Waals surface area contributed by atoms with E-state index in [4.69, 9.17) is 0 Å². The van der Waals surface area contributed by atoms with Gasteiger partial charge in [-0.1, -0.05) is 0 Å². The molecule has 1 aromatic rings. The Morgan fingerprint density at radius 1 is 1.21 bits per heavy atom. The van der Waals surface area contributed by atoms with E-state index in [9.17, 15) is 31.1 Å². The van der Waals surface area contributed by atoms with Crippen molar-refractivity contribution in [2.24, 2.45) is 16.2 Å². The Morgan fingerprint density at radius 3 is 2.41 bits per heavy atom. The molecule has 6 nitrogen and oxygen atoms in total. The molecule has 0 unspecified atom stereocenters. The lowest BCUT2D eigenvalue weighted by Gasteiger charge is -2.37. The summed E-state index contributed by atoms with van der Waals surface area (Å²) in [6.45, 7) is 2.51. The Hall–Kier alpha value is -1.88. The van der Waals surface area contributed by atoms with Gasteiger partial charge in [0.25, 0.3) is 10.0 Å². The molecule has 1 saturated heterocycles. The van der Waals surface area contributed by atoms with Gasteiger partial charge in [0, 0.05) is 18.4 Å². The molecule has 0 radical (unpaired) electrons. The van der Waals surface area contributed by atoms with Crippen molar-refractivity contribution >= 4 is 27.2 Å². The van der Waals surface area contributed by atoms with E-state index in [1.807, 2.05) is 0 Å². The van der Waals surface area contributed by atoms with Crippen molar-refractivity contribution in [1.82, 2.24) is 0 Å². The normalized spacial score (nSPS) is 26.7. The van der Waals surface area contributed by atoms with Crippen molar-refractivity contribution < 1.29 is 31.1 Å². The number of nitrogens with zero attached hydrogens (tertiary/aromatic N) is 2. The van der Waals surface area contributed by atoms with E-state index in [-0.39, 0.29) is 36.1 Å². The van der Waals surface area contributed by atoms with E-state index in [2.05, 4.69) is 9.71 Å². The third-order valence-electron chi connectivity index (χ3n) is 5.71. The van der Waals surface area contributed by atoms with E-state index in [1.165, 1.54) is 13.8 Å². The number of anilines is 2. The molecule has 3 aliphatic rings. The SMILES string of the molecule is CC(C)(O)[C@H]1CCN(c2cc(F)cc3c2NC(C2CC2)=NS3(=O)=O)[C@H]1C(F)(F)F. The summed E-state index contributed by atoms with van der Waals surface area (Å²) in [5.74, 6) is -2.05. The first kappa shape index (κ1) is 20.4. The van der Waals surface area contributed by atoms with Gasteiger partial charge in [-0.2, -0.15) is 21.6 Å². The van der Waals surface area contributed by atoms with E-state index in [1.54, 1.807) is 0 Å². The Kier molecular flexibility index (Phi) is 4.44. The van der Waals surface area contributed by atoms with Crippen LogP contribution in [-0.2, 0) is 10.0 Å². The van der Waals surface area contributed by atoms with Gasteiger partial charge in [0.15, 0.2) is 0 Å². The summed E-state index contributed by atoms with van der Waals surface area (Å²) >= 11 is 0. The van der Waals surface area contributed by atoms with Crippen LogP contribution in [0.3, 0.4) is 0 Å². The Labute approximate surface area is 165 Å². The zero-order valence-electron chi connectivity index (χ0n) is 15.8. The number of fused-ring (bicyclic) bond motifs is 1. The van der Waals surface area contributed by atoms with Crippen molar-refractivity contribution in [2.45, 2.75) is 55.8 Å². The first-order valence-corrected chi connectivity index (χ1v) is 10.7. The number of aliphatic hydroxyl groups is 1. The number of amidine groups is 1. The number of rotatable bonds is 3. The quantitative estimate of drug-likeness (QED) is 0.713. The van der Waals surface area contributed by atoms with E-state index < -0.39 is 44.5 Å². The fraction of sp³-hybridized carbons (Fsp3) is 0.611. The van der Waals surface area contributed by atoms with Gasteiger partial charge < -0.3 is 15.3 Å². The molecule has 2 aliphatic heterocycles. The predicted molar refractivity (Wildman–Crippen MR) is 99.0 cm³/mol. The van der Waals surface area contributed by atoms with E-state index in [0.717, 1.165) is 29.9 Å². The predicted octanol–water partition coefficient (Wildman–Crippen LogP) is 3.28. The minimum Gasteiger partial charge on any atom is -0.390 e. The van der Waals surface area contributed by atoms with Crippen LogP contribution in [-0.4, -0.2) is 43.7 Å². The molecule has 1 aliphatic carbocycles. The minimum atomic E-state index is -4.71. The molecule has 0 spiro atoms. The molecule has 2 fully saturated rings. The summed E-state index contributed by atoms with van der Waals surface area (Å²) < 4.78 is 85.0. The highest BCUT2D eigenvalue weighted by molar-refractivity contribution is 7.90. The third kappa shape index (κ3) is 3.58. The topological polar surface area (TPSA) is 82.0 Å². The molecule has 2 heterocycles. The fourth-order valence-corrected chi connectivity index (χ4v) is 5.42. The van der Waals surface area contributed by atoms with Gasteiger partial charge in [0.05, 0.1) is 17.0 Å². The molecule has 1 saturated carbocycles. The standard InChI is InChI=1S/C18H21F4N3O3S/c1-17(2,26)11-5-6-25(15(11)18(20,21)22)12-7-10(19)8-13-14(12)23-16(9-3-4-9)24-29(13,27)28/h7-9,11,15,26H,3-6H2,1-2H3,(H,23,24)/t11-,15+/m0/s1. The van der Waals surface area contributed by atoms with Crippen LogP contribution in [0.15, 0.2) is 21.4 Å². The summed E-state index contributed by atoms with van der Waals surface area (Å²) in [6, 6.07) is -0.412. The molecule has 2 atom stereocenters. The number of hydrogen-bond donors (Lipinski definition) is 2. The lowest BCUT2D eigenvalue weighted by molar-refractivity contribution is -0.170. The van der Waals surface area contributed by atoms with Crippen molar-refractivity contribution in [3.05, 3.63) is 17.9 Å². The Balaban J connectivity index is 1.85. The van der Waals surface area contributed by atoms with Crippen LogP contribution in [0.2, 0.25) is 0 Å². The average molecular weight is 435 g/mol. The molecule has 11 heteroatoms. The van der Waals surface area contributed by atoms with Crippen LogP contribution in [0.5, 0.6) is 0 Å². The second-order valence-electron chi connectivity index (χ2n) is 8.38. The van der Waals surface area contributed by atoms with Crippen LogP contribution in [0, 0.1) is 17.7 Å². The maximum Gasteiger partial charge on any atom is 0.409 e. The first-order chi connectivity index (χ1) is 13.3. The van der Waals surface area contributed by atoms with Gasteiger partial charge in [0.1, 0.15) is 22.6 Å². The fourth-order valence-electron chi connectivity index (χ4n) is 4.19. The first-order valence-electron chi connectivity index (χ1n) is 9.30.